The van der Waals surface area contributed by atoms with Crippen LogP contribution in [0, 0.1) is 11.8 Å². The van der Waals surface area contributed by atoms with Gasteiger partial charge in [0.1, 0.15) is 0 Å². The van der Waals surface area contributed by atoms with Crippen molar-refractivity contribution < 1.29 is 19.7 Å². The fraction of sp³-hybridized carbons (Fsp3) is 0.720. The van der Waals surface area contributed by atoms with Gasteiger partial charge in [0.15, 0.2) is 5.78 Å². The second-order valence-electron chi connectivity index (χ2n) is 9.25. The third-order valence-corrected chi connectivity index (χ3v) is 6.28. The normalized spacial score (nSPS) is 26.3. The van der Waals surface area contributed by atoms with Crippen LogP contribution in [-0.2, 0) is 9.53 Å². The van der Waals surface area contributed by atoms with E-state index in [1.807, 2.05) is 19.1 Å². The fourth-order valence-electron chi connectivity index (χ4n) is 4.31. The van der Waals surface area contributed by atoms with E-state index in [0.29, 0.717) is 12.3 Å². The van der Waals surface area contributed by atoms with Crippen LogP contribution in [0.15, 0.2) is 34.9 Å². The molecular formula is C25H40O4. The van der Waals surface area contributed by atoms with E-state index >= 15 is 0 Å². The first-order valence-corrected chi connectivity index (χ1v) is 11.3. The Morgan fingerprint density at radius 2 is 2.00 bits per heavy atom. The third-order valence-electron chi connectivity index (χ3n) is 6.28. The lowest BCUT2D eigenvalue weighted by Gasteiger charge is -2.37. The molecule has 0 aromatic heterocycles. The smallest absolute Gasteiger partial charge is 0.159 e. The lowest BCUT2D eigenvalue weighted by Crippen LogP contribution is -2.38. The van der Waals surface area contributed by atoms with Crippen molar-refractivity contribution in [3.63, 3.8) is 0 Å². The molecule has 5 atom stereocenters. The number of aliphatic hydroxyl groups is 2. The number of aliphatic hydroxyl groups excluding tert-OH is 2. The van der Waals surface area contributed by atoms with Gasteiger partial charge in [0.2, 0.25) is 0 Å². The first-order valence-electron chi connectivity index (χ1n) is 11.3. The maximum atomic E-state index is 12.0. The van der Waals surface area contributed by atoms with Gasteiger partial charge in [-0.15, -0.1) is 0 Å². The van der Waals surface area contributed by atoms with E-state index in [0.717, 1.165) is 49.7 Å². The molecule has 0 radical (unpaired) electrons. The summed E-state index contributed by atoms with van der Waals surface area (Å²) >= 11 is 0. The minimum absolute atomic E-state index is 0.0194. The highest BCUT2D eigenvalue weighted by atomic mass is 16.5. The van der Waals surface area contributed by atoms with Crippen LogP contribution in [-0.4, -0.2) is 40.9 Å². The first-order chi connectivity index (χ1) is 13.8. The highest BCUT2D eigenvalue weighted by Gasteiger charge is 2.36. The van der Waals surface area contributed by atoms with E-state index in [9.17, 15) is 15.0 Å². The molecule has 1 heterocycles. The SMILES string of the molecule is CC(C)=CCCC(C)CC[C@@H](O)CCC[C@H]1C=C(CO)[C@H]2CC(=O)C(C)=C[C@H]2O1. The number of hydrogen-bond acceptors (Lipinski definition) is 4. The minimum atomic E-state index is -0.257. The van der Waals surface area contributed by atoms with Crippen molar-refractivity contribution >= 4 is 5.78 Å². The molecule has 0 aromatic rings. The van der Waals surface area contributed by atoms with Crippen LogP contribution < -0.4 is 0 Å². The fourth-order valence-corrected chi connectivity index (χ4v) is 4.31. The van der Waals surface area contributed by atoms with Crippen LogP contribution in [0.25, 0.3) is 0 Å². The number of allylic oxidation sites excluding steroid dienone is 3. The molecule has 1 aliphatic heterocycles. The summed E-state index contributed by atoms with van der Waals surface area (Å²) in [5.41, 5.74) is 3.06. The van der Waals surface area contributed by atoms with Crippen molar-refractivity contribution in [3.05, 3.63) is 34.9 Å². The van der Waals surface area contributed by atoms with E-state index in [2.05, 4.69) is 26.8 Å². The lowest BCUT2D eigenvalue weighted by molar-refractivity contribution is -0.119. The Bertz CT molecular complexity index is 627. The molecule has 29 heavy (non-hydrogen) atoms. The highest BCUT2D eigenvalue weighted by Crippen LogP contribution is 2.35. The van der Waals surface area contributed by atoms with E-state index in [4.69, 9.17) is 4.74 Å². The molecule has 0 spiro atoms. The average Bonchev–Trinajstić information content (AvgIpc) is 2.66. The van der Waals surface area contributed by atoms with Crippen molar-refractivity contribution in [3.8, 4) is 0 Å². The molecule has 1 unspecified atom stereocenters. The minimum Gasteiger partial charge on any atom is -0.393 e. The number of ketones is 1. The Morgan fingerprint density at radius 1 is 1.24 bits per heavy atom. The van der Waals surface area contributed by atoms with Crippen molar-refractivity contribution in [1.82, 2.24) is 0 Å². The molecule has 0 bridgehead atoms. The van der Waals surface area contributed by atoms with Crippen LogP contribution in [0.5, 0.6) is 0 Å². The second-order valence-corrected chi connectivity index (χ2v) is 9.25. The van der Waals surface area contributed by atoms with Crippen LogP contribution in [0.1, 0.15) is 79.1 Å². The van der Waals surface area contributed by atoms with E-state index < -0.39 is 0 Å². The van der Waals surface area contributed by atoms with Crippen molar-refractivity contribution in [2.45, 2.75) is 97.4 Å². The Balaban J connectivity index is 1.72. The summed E-state index contributed by atoms with van der Waals surface area (Å²) in [5.74, 6) is 0.759. The third kappa shape index (κ3) is 7.84. The van der Waals surface area contributed by atoms with E-state index in [-0.39, 0.29) is 36.6 Å². The number of ether oxygens (including phenoxy) is 1. The molecule has 1 aliphatic carbocycles. The molecule has 2 N–H and O–H groups in total. The Kier molecular flexibility index (Phi) is 9.81. The Labute approximate surface area is 176 Å². The van der Waals surface area contributed by atoms with Crippen LogP contribution in [0.3, 0.4) is 0 Å². The zero-order valence-corrected chi connectivity index (χ0v) is 18.7. The van der Waals surface area contributed by atoms with E-state index in [1.54, 1.807) is 0 Å². The number of hydrogen-bond donors (Lipinski definition) is 2. The maximum Gasteiger partial charge on any atom is 0.159 e. The second kappa shape index (κ2) is 11.8. The number of carbonyl (C=O) groups excluding carboxylic acids is 1. The van der Waals surface area contributed by atoms with Crippen molar-refractivity contribution in [2.24, 2.45) is 11.8 Å². The molecule has 164 valence electrons. The van der Waals surface area contributed by atoms with Crippen LogP contribution >= 0.6 is 0 Å². The average molecular weight is 405 g/mol. The summed E-state index contributed by atoms with van der Waals surface area (Å²) in [5, 5.41) is 20.1. The van der Waals surface area contributed by atoms with Gasteiger partial charge in [0.25, 0.3) is 0 Å². The topological polar surface area (TPSA) is 66.8 Å². The van der Waals surface area contributed by atoms with Gasteiger partial charge in [-0.2, -0.15) is 0 Å². The zero-order valence-electron chi connectivity index (χ0n) is 18.7. The summed E-state index contributed by atoms with van der Waals surface area (Å²) in [6.07, 6.45) is 12.9. The van der Waals surface area contributed by atoms with Gasteiger partial charge >= 0.3 is 0 Å². The summed E-state index contributed by atoms with van der Waals surface area (Å²) in [6, 6.07) is 0. The van der Waals surface area contributed by atoms with Crippen molar-refractivity contribution in [2.75, 3.05) is 6.61 Å². The molecule has 4 heteroatoms. The zero-order chi connectivity index (χ0) is 21.4. The van der Waals surface area contributed by atoms with Gasteiger partial charge in [-0.1, -0.05) is 24.6 Å². The Morgan fingerprint density at radius 3 is 2.69 bits per heavy atom. The molecule has 0 fully saturated rings. The summed E-state index contributed by atoms with van der Waals surface area (Å²) in [4.78, 5) is 12.0. The molecule has 0 saturated heterocycles. The highest BCUT2D eigenvalue weighted by molar-refractivity contribution is 5.96. The van der Waals surface area contributed by atoms with Crippen LogP contribution in [0.4, 0.5) is 0 Å². The number of rotatable bonds is 11. The summed E-state index contributed by atoms with van der Waals surface area (Å²) < 4.78 is 6.18. The van der Waals surface area contributed by atoms with Crippen molar-refractivity contribution in [1.29, 1.82) is 0 Å². The van der Waals surface area contributed by atoms with Gasteiger partial charge in [-0.25, -0.2) is 0 Å². The largest absolute Gasteiger partial charge is 0.393 e. The van der Waals surface area contributed by atoms with Gasteiger partial charge in [0.05, 0.1) is 24.9 Å². The van der Waals surface area contributed by atoms with Gasteiger partial charge in [0, 0.05) is 12.3 Å². The summed E-state index contributed by atoms with van der Waals surface area (Å²) in [7, 11) is 0. The molecule has 2 rings (SSSR count). The molecule has 4 nitrogen and oxygen atoms in total. The number of fused-ring (bicyclic) bond motifs is 1. The molecule has 0 aromatic carbocycles. The predicted molar refractivity (Wildman–Crippen MR) is 118 cm³/mol. The Hall–Kier alpha value is -1.23. The van der Waals surface area contributed by atoms with E-state index in [1.165, 1.54) is 12.0 Å². The van der Waals surface area contributed by atoms with Gasteiger partial charge in [-0.3, -0.25) is 4.79 Å². The molecule has 0 saturated carbocycles. The summed E-state index contributed by atoms with van der Waals surface area (Å²) in [6.45, 7) is 8.35. The van der Waals surface area contributed by atoms with Gasteiger partial charge in [-0.05, 0) is 88.9 Å². The predicted octanol–water partition coefficient (Wildman–Crippen LogP) is 4.90. The maximum absolute atomic E-state index is 12.0. The number of carbonyl (C=O) groups is 1. The quantitative estimate of drug-likeness (QED) is 0.481. The molecular weight excluding hydrogens is 364 g/mol. The number of Topliss-reactive ketones (excluding diaryl/α,β-unsaturated/α-hetero) is 1. The lowest BCUT2D eigenvalue weighted by atomic mass is 9.79. The van der Waals surface area contributed by atoms with Gasteiger partial charge < -0.3 is 14.9 Å². The standard InChI is InChI=1S/C25H40O4/c1-17(2)7-5-8-18(3)11-12-21(27)9-6-10-22-14-20(16-26)23-15-24(28)19(4)13-25(23)29-22/h7,13-14,18,21-23,25-27H,5-6,8-12,15-16H2,1-4H3/t18?,21-,22-,23+,25+/m0/s1. The van der Waals surface area contributed by atoms with Crippen LogP contribution in [0.2, 0.25) is 0 Å². The monoisotopic (exact) mass is 404 g/mol. The molecule has 0 amide bonds. The molecule has 2 aliphatic rings. The first kappa shape index (κ1) is 24.0.